The molecule has 1 heterocycles. The van der Waals surface area contributed by atoms with Gasteiger partial charge in [-0.15, -0.1) is 0 Å². The van der Waals surface area contributed by atoms with Gasteiger partial charge in [-0.25, -0.2) is 9.59 Å². The van der Waals surface area contributed by atoms with E-state index in [0.29, 0.717) is 23.7 Å². The lowest BCUT2D eigenvalue weighted by Crippen LogP contribution is -3.08. The Kier molecular flexibility index (Phi) is 6.53. The Hall–Kier alpha value is -3.59. The fraction of sp³-hybridized carbons (Fsp3) is 0.286. The maximum absolute atomic E-state index is 12.5. The van der Waals surface area contributed by atoms with Crippen molar-refractivity contribution in [3.63, 3.8) is 0 Å². The van der Waals surface area contributed by atoms with E-state index in [0.717, 1.165) is 10.5 Å². The van der Waals surface area contributed by atoms with Crippen molar-refractivity contribution in [2.45, 2.75) is 6.54 Å². The van der Waals surface area contributed by atoms with Gasteiger partial charge in [0.05, 0.1) is 32.4 Å². The van der Waals surface area contributed by atoms with Gasteiger partial charge in [-0.2, -0.15) is 0 Å². The lowest BCUT2D eigenvalue weighted by Gasteiger charge is -2.15. The van der Waals surface area contributed by atoms with Gasteiger partial charge in [0.15, 0.2) is 18.0 Å². The van der Waals surface area contributed by atoms with E-state index in [2.05, 4.69) is 5.32 Å². The zero-order valence-electron chi connectivity index (χ0n) is 16.9. The molecule has 1 atom stereocenters. The van der Waals surface area contributed by atoms with Crippen molar-refractivity contribution in [2.75, 3.05) is 39.9 Å². The van der Waals surface area contributed by atoms with Crippen molar-refractivity contribution in [2.24, 2.45) is 0 Å². The molecule has 1 amide bonds. The predicted octanol–water partition coefficient (Wildman–Crippen LogP) is 0.642. The maximum atomic E-state index is 12.5. The smallest absolute Gasteiger partial charge is 0.337 e. The van der Waals surface area contributed by atoms with Gasteiger partial charge in [0.1, 0.15) is 6.54 Å². The van der Waals surface area contributed by atoms with Gasteiger partial charge in [-0.3, -0.25) is 4.79 Å². The van der Waals surface area contributed by atoms with Crippen LogP contribution >= 0.6 is 0 Å². The van der Waals surface area contributed by atoms with Gasteiger partial charge in [0, 0.05) is 11.3 Å². The number of likely N-dealkylation sites (N-methyl/N-ethyl adjacent to an activating group) is 1. The number of rotatable bonds is 7. The zero-order valence-corrected chi connectivity index (χ0v) is 16.9. The summed E-state index contributed by atoms with van der Waals surface area (Å²) < 4.78 is 20.1. The van der Waals surface area contributed by atoms with Crippen LogP contribution in [0.4, 0.5) is 5.69 Å². The summed E-state index contributed by atoms with van der Waals surface area (Å²) >= 11 is 0. The summed E-state index contributed by atoms with van der Waals surface area (Å²) in [7, 11) is 4.36. The lowest BCUT2D eigenvalue weighted by atomic mass is 10.1. The van der Waals surface area contributed by atoms with E-state index in [1.165, 1.54) is 32.4 Å². The zero-order chi connectivity index (χ0) is 21.7. The van der Waals surface area contributed by atoms with Crippen molar-refractivity contribution >= 4 is 23.5 Å². The van der Waals surface area contributed by atoms with Crippen LogP contribution < -0.4 is 19.7 Å². The molecule has 0 saturated heterocycles. The molecule has 30 heavy (non-hydrogen) atoms. The maximum Gasteiger partial charge on any atom is 0.337 e. The minimum Gasteiger partial charge on any atom is -0.465 e. The molecule has 1 unspecified atom stereocenters. The summed E-state index contributed by atoms with van der Waals surface area (Å²) in [6.45, 7) is 0.978. The van der Waals surface area contributed by atoms with Crippen LogP contribution in [-0.4, -0.2) is 52.5 Å². The third-order valence-corrected chi connectivity index (χ3v) is 4.46. The highest BCUT2D eigenvalue weighted by atomic mass is 16.7. The van der Waals surface area contributed by atoms with Gasteiger partial charge in [0.2, 0.25) is 6.79 Å². The van der Waals surface area contributed by atoms with Crippen molar-refractivity contribution in [3.8, 4) is 11.5 Å². The normalized spacial score (nSPS) is 12.8. The standard InChI is InChI=1S/C21H22N2O7/c1-23(10-13-4-5-17-18(6-13)30-12-29-17)11-19(24)22-16-8-14(20(25)27-2)7-15(9-16)21(26)28-3/h4-9H,10-12H2,1-3H3,(H,22,24)/p+1. The average molecular weight is 415 g/mol. The van der Waals surface area contributed by atoms with Crippen LogP contribution in [0.5, 0.6) is 11.5 Å². The number of quaternary nitrogens is 1. The number of fused-ring (bicyclic) bond motifs is 1. The van der Waals surface area contributed by atoms with Crippen molar-refractivity contribution < 1.29 is 38.2 Å². The lowest BCUT2D eigenvalue weighted by molar-refractivity contribution is -0.885. The highest BCUT2D eigenvalue weighted by Crippen LogP contribution is 2.32. The molecule has 9 nitrogen and oxygen atoms in total. The molecule has 0 fully saturated rings. The van der Waals surface area contributed by atoms with Crippen molar-refractivity contribution in [3.05, 3.63) is 53.1 Å². The van der Waals surface area contributed by atoms with Gasteiger partial charge in [0.25, 0.3) is 5.91 Å². The first-order valence-electron chi connectivity index (χ1n) is 9.21. The van der Waals surface area contributed by atoms with Crippen LogP contribution in [-0.2, 0) is 20.8 Å². The van der Waals surface area contributed by atoms with Crippen LogP contribution in [0.1, 0.15) is 26.3 Å². The molecule has 1 aliphatic rings. The SMILES string of the molecule is COC(=O)c1cc(NC(=O)C[NH+](C)Cc2ccc3c(c2)OCO3)cc(C(=O)OC)c1. The predicted molar refractivity (Wildman–Crippen MR) is 106 cm³/mol. The summed E-state index contributed by atoms with van der Waals surface area (Å²) in [5.74, 6) is -0.115. The monoisotopic (exact) mass is 415 g/mol. The second-order valence-corrected chi connectivity index (χ2v) is 6.83. The fourth-order valence-corrected chi connectivity index (χ4v) is 3.11. The molecule has 0 radical (unpaired) electrons. The van der Waals surface area contributed by atoms with E-state index in [4.69, 9.17) is 18.9 Å². The summed E-state index contributed by atoms with van der Waals surface area (Å²) in [4.78, 5) is 37.2. The quantitative estimate of drug-likeness (QED) is 0.640. The second-order valence-electron chi connectivity index (χ2n) is 6.83. The number of carbonyl (C=O) groups is 3. The number of carbonyl (C=O) groups excluding carboxylic acids is 3. The molecular formula is C21H23N2O7+. The summed E-state index contributed by atoms with van der Waals surface area (Å²) in [5.41, 5.74) is 1.58. The molecule has 9 heteroatoms. The summed E-state index contributed by atoms with van der Waals surface area (Å²) in [5, 5.41) is 2.72. The van der Waals surface area contributed by atoms with Crippen LogP contribution in [0.15, 0.2) is 36.4 Å². The number of nitrogens with one attached hydrogen (secondary N) is 2. The second kappa shape index (κ2) is 9.27. The van der Waals surface area contributed by atoms with Crippen LogP contribution in [0, 0.1) is 0 Å². The molecule has 3 rings (SSSR count). The largest absolute Gasteiger partial charge is 0.465 e. The third-order valence-electron chi connectivity index (χ3n) is 4.46. The highest BCUT2D eigenvalue weighted by molar-refractivity contribution is 5.99. The molecule has 1 aliphatic heterocycles. The molecule has 0 aliphatic carbocycles. The van der Waals surface area contributed by atoms with E-state index in [1.54, 1.807) is 0 Å². The molecule has 158 valence electrons. The van der Waals surface area contributed by atoms with Crippen molar-refractivity contribution in [1.29, 1.82) is 0 Å². The number of anilines is 1. The molecule has 2 N–H and O–H groups in total. The van der Waals surface area contributed by atoms with Gasteiger partial charge in [-0.05, 0) is 36.4 Å². The number of methoxy groups -OCH3 is 2. The third kappa shape index (κ3) is 5.06. The number of amides is 1. The Bertz CT molecular complexity index is 940. The van der Waals surface area contributed by atoms with Crippen LogP contribution in [0.25, 0.3) is 0 Å². The van der Waals surface area contributed by atoms with Crippen molar-refractivity contribution in [1.82, 2.24) is 0 Å². The van der Waals surface area contributed by atoms with E-state index < -0.39 is 11.9 Å². The first-order chi connectivity index (χ1) is 14.4. The molecule has 0 spiro atoms. The van der Waals surface area contributed by atoms with Gasteiger partial charge >= 0.3 is 11.9 Å². The molecule has 0 aromatic heterocycles. The Labute approximate surface area is 173 Å². The molecule has 2 aromatic rings. The average Bonchev–Trinajstić information content (AvgIpc) is 3.19. The molecule has 0 saturated carbocycles. The topological polar surface area (TPSA) is 105 Å². The Balaban J connectivity index is 1.66. The van der Waals surface area contributed by atoms with Gasteiger partial charge in [-0.1, -0.05) is 0 Å². The Morgan fingerprint density at radius 3 is 2.23 bits per heavy atom. The minimum absolute atomic E-state index is 0.136. The molecule has 0 bridgehead atoms. The van der Waals surface area contributed by atoms with Crippen LogP contribution in [0.2, 0.25) is 0 Å². The fourth-order valence-electron chi connectivity index (χ4n) is 3.11. The number of benzene rings is 2. The van der Waals surface area contributed by atoms with E-state index in [-0.39, 0.29) is 30.4 Å². The number of hydrogen-bond donors (Lipinski definition) is 2. The van der Waals surface area contributed by atoms with Gasteiger partial charge < -0.3 is 29.2 Å². The van der Waals surface area contributed by atoms with E-state index in [1.807, 2.05) is 25.2 Å². The Morgan fingerprint density at radius 2 is 1.60 bits per heavy atom. The van der Waals surface area contributed by atoms with E-state index in [9.17, 15) is 14.4 Å². The molecule has 2 aromatic carbocycles. The Morgan fingerprint density at radius 1 is 0.967 bits per heavy atom. The minimum atomic E-state index is -0.623. The first kappa shape index (κ1) is 21.1. The number of esters is 2. The first-order valence-corrected chi connectivity index (χ1v) is 9.21. The highest BCUT2D eigenvalue weighted by Gasteiger charge is 2.18. The number of hydrogen-bond acceptors (Lipinski definition) is 7. The number of ether oxygens (including phenoxy) is 4. The molecular weight excluding hydrogens is 392 g/mol. The van der Waals surface area contributed by atoms with E-state index >= 15 is 0 Å². The summed E-state index contributed by atoms with van der Waals surface area (Å²) in [6, 6.07) is 9.91. The van der Waals surface area contributed by atoms with Crippen LogP contribution in [0.3, 0.4) is 0 Å². The summed E-state index contributed by atoms with van der Waals surface area (Å²) in [6.07, 6.45) is 0.